The molecule has 202 valence electrons. The van der Waals surface area contributed by atoms with E-state index in [-0.39, 0.29) is 12.0 Å². The Hall–Kier alpha value is -2.08. The SMILES string of the molecule is CCC(CC)CN(CCCCCN1C2CCC1CC(c1cccc(C(N)=O)c1)C2)C(=O)OC(C)(C)C. The van der Waals surface area contributed by atoms with Crippen molar-refractivity contribution in [3.63, 3.8) is 0 Å². The Bertz CT molecular complexity index is 847. The quantitative estimate of drug-likeness (QED) is 0.341. The van der Waals surface area contributed by atoms with Crippen molar-refractivity contribution in [2.75, 3.05) is 19.6 Å². The third-order valence-corrected chi connectivity index (χ3v) is 8.16. The van der Waals surface area contributed by atoms with Gasteiger partial charge in [-0.3, -0.25) is 9.69 Å². The van der Waals surface area contributed by atoms with E-state index >= 15 is 0 Å². The minimum absolute atomic E-state index is 0.171. The molecule has 36 heavy (non-hydrogen) atoms. The summed E-state index contributed by atoms with van der Waals surface area (Å²) in [5.74, 6) is 0.700. The smallest absolute Gasteiger partial charge is 0.410 e. The highest BCUT2D eigenvalue weighted by Crippen LogP contribution is 2.43. The lowest BCUT2D eigenvalue weighted by Gasteiger charge is -2.39. The Kier molecular flexibility index (Phi) is 10.2. The third kappa shape index (κ3) is 7.96. The van der Waals surface area contributed by atoms with Gasteiger partial charge in [0.15, 0.2) is 0 Å². The van der Waals surface area contributed by atoms with Crippen LogP contribution in [0.4, 0.5) is 4.79 Å². The number of hydrogen-bond acceptors (Lipinski definition) is 4. The summed E-state index contributed by atoms with van der Waals surface area (Å²) < 4.78 is 5.70. The predicted molar refractivity (Wildman–Crippen MR) is 146 cm³/mol. The molecule has 3 rings (SSSR count). The maximum atomic E-state index is 12.8. The van der Waals surface area contributed by atoms with Crippen LogP contribution in [0.5, 0.6) is 0 Å². The molecule has 2 aliphatic heterocycles. The molecule has 1 aromatic rings. The van der Waals surface area contributed by atoms with E-state index in [1.807, 2.05) is 43.9 Å². The lowest BCUT2D eigenvalue weighted by atomic mass is 9.84. The highest BCUT2D eigenvalue weighted by atomic mass is 16.6. The van der Waals surface area contributed by atoms with Crippen LogP contribution >= 0.6 is 0 Å². The van der Waals surface area contributed by atoms with Gasteiger partial charge in [-0.2, -0.15) is 0 Å². The fraction of sp³-hybridized carbons (Fsp3) is 0.733. The normalized spacial score (nSPS) is 22.1. The maximum Gasteiger partial charge on any atom is 0.410 e. The molecule has 0 radical (unpaired) electrons. The van der Waals surface area contributed by atoms with Gasteiger partial charge in [0.2, 0.25) is 5.91 Å². The lowest BCUT2D eigenvalue weighted by molar-refractivity contribution is 0.0213. The second-order valence-electron chi connectivity index (χ2n) is 12.0. The van der Waals surface area contributed by atoms with E-state index in [4.69, 9.17) is 10.5 Å². The van der Waals surface area contributed by atoms with Crippen LogP contribution in [0.3, 0.4) is 0 Å². The first-order valence-electron chi connectivity index (χ1n) is 14.2. The van der Waals surface area contributed by atoms with E-state index in [0.717, 1.165) is 45.3 Å². The van der Waals surface area contributed by atoms with Crippen molar-refractivity contribution in [1.29, 1.82) is 0 Å². The van der Waals surface area contributed by atoms with Gasteiger partial charge in [0.05, 0.1) is 0 Å². The van der Waals surface area contributed by atoms with Gasteiger partial charge in [-0.15, -0.1) is 0 Å². The molecule has 6 heteroatoms. The van der Waals surface area contributed by atoms with Gasteiger partial charge >= 0.3 is 6.09 Å². The zero-order valence-corrected chi connectivity index (χ0v) is 23.3. The van der Waals surface area contributed by atoms with Crippen molar-refractivity contribution in [2.24, 2.45) is 11.7 Å². The number of primary amides is 1. The number of carbonyl (C=O) groups is 2. The van der Waals surface area contributed by atoms with Gasteiger partial charge in [0, 0.05) is 30.7 Å². The van der Waals surface area contributed by atoms with Gasteiger partial charge in [-0.25, -0.2) is 4.79 Å². The first-order chi connectivity index (χ1) is 17.1. The molecule has 2 saturated heterocycles. The Morgan fingerprint density at radius 2 is 1.75 bits per heavy atom. The number of nitrogens with two attached hydrogens (primary N) is 1. The summed E-state index contributed by atoms with van der Waals surface area (Å²) in [5.41, 5.74) is 6.93. The first-order valence-corrected chi connectivity index (χ1v) is 14.2. The molecule has 2 unspecified atom stereocenters. The summed E-state index contributed by atoms with van der Waals surface area (Å²) in [4.78, 5) is 29.1. The standard InChI is InChI=1S/C30H49N3O3/c1-6-22(7-2)21-32(29(35)36-30(3,4)5)16-9-8-10-17-33-26-14-15-27(33)20-25(19-26)23-12-11-13-24(18-23)28(31)34/h11-13,18,22,25-27H,6-10,14-17,19-21H2,1-5H3,(H2,31,34). The van der Waals surface area contributed by atoms with E-state index in [1.54, 1.807) is 0 Å². The number of nitrogens with zero attached hydrogens (tertiary/aromatic N) is 2. The molecule has 0 spiro atoms. The van der Waals surface area contributed by atoms with Gasteiger partial charge in [-0.1, -0.05) is 45.2 Å². The van der Waals surface area contributed by atoms with E-state index in [9.17, 15) is 9.59 Å². The average molecular weight is 500 g/mol. The first kappa shape index (κ1) is 28.5. The van der Waals surface area contributed by atoms with Gasteiger partial charge in [0.1, 0.15) is 5.60 Å². The van der Waals surface area contributed by atoms with Crippen molar-refractivity contribution in [3.8, 4) is 0 Å². The lowest BCUT2D eigenvalue weighted by Crippen LogP contribution is -2.42. The van der Waals surface area contributed by atoms with Crippen LogP contribution in [0.15, 0.2) is 24.3 Å². The van der Waals surface area contributed by atoms with Gasteiger partial charge in [-0.05, 0) is 95.4 Å². The van der Waals surface area contributed by atoms with Crippen LogP contribution in [0, 0.1) is 5.92 Å². The topological polar surface area (TPSA) is 75.9 Å². The van der Waals surface area contributed by atoms with Crippen LogP contribution in [0.1, 0.15) is 114 Å². The number of benzene rings is 1. The molecule has 0 aromatic heterocycles. The predicted octanol–water partition coefficient (Wildman–Crippen LogP) is 6.34. The molecule has 2 bridgehead atoms. The molecule has 2 amide bonds. The number of unbranched alkanes of at least 4 members (excludes halogenated alkanes) is 2. The highest BCUT2D eigenvalue weighted by Gasteiger charge is 2.40. The Morgan fingerprint density at radius 1 is 1.08 bits per heavy atom. The molecule has 2 fully saturated rings. The number of fused-ring (bicyclic) bond motifs is 2. The van der Waals surface area contributed by atoms with Crippen molar-refractivity contribution >= 4 is 12.0 Å². The molecule has 2 aliphatic rings. The van der Waals surface area contributed by atoms with Crippen molar-refractivity contribution in [1.82, 2.24) is 9.80 Å². The van der Waals surface area contributed by atoms with Crippen molar-refractivity contribution < 1.29 is 14.3 Å². The molecule has 2 atom stereocenters. The summed E-state index contributed by atoms with van der Waals surface area (Å²) in [5, 5.41) is 0. The second kappa shape index (κ2) is 12.9. The zero-order valence-electron chi connectivity index (χ0n) is 23.3. The zero-order chi connectivity index (χ0) is 26.3. The van der Waals surface area contributed by atoms with Crippen LogP contribution < -0.4 is 5.73 Å². The van der Waals surface area contributed by atoms with Crippen molar-refractivity contribution in [3.05, 3.63) is 35.4 Å². The fourth-order valence-corrected chi connectivity index (χ4v) is 6.07. The minimum Gasteiger partial charge on any atom is -0.444 e. The van der Waals surface area contributed by atoms with E-state index in [2.05, 4.69) is 24.8 Å². The van der Waals surface area contributed by atoms with E-state index in [0.29, 0.717) is 29.5 Å². The number of hydrogen-bond donors (Lipinski definition) is 1. The number of ether oxygens (including phenoxy) is 1. The van der Waals surface area contributed by atoms with Crippen LogP contribution in [0.2, 0.25) is 0 Å². The van der Waals surface area contributed by atoms with E-state index in [1.165, 1.54) is 37.7 Å². The maximum absolute atomic E-state index is 12.8. The molecular weight excluding hydrogens is 450 g/mol. The van der Waals surface area contributed by atoms with Gasteiger partial charge in [0.25, 0.3) is 0 Å². The summed E-state index contributed by atoms with van der Waals surface area (Å²) >= 11 is 0. The molecule has 1 aromatic carbocycles. The summed E-state index contributed by atoms with van der Waals surface area (Å²) in [7, 11) is 0. The third-order valence-electron chi connectivity index (χ3n) is 8.16. The number of carbonyl (C=O) groups excluding carboxylic acids is 2. The van der Waals surface area contributed by atoms with Gasteiger partial charge < -0.3 is 15.4 Å². The Morgan fingerprint density at radius 3 is 2.33 bits per heavy atom. The molecule has 0 aliphatic carbocycles. The summed E-state index contributed by atoms with van der Waals surface area (Å²) in [6, 6.07) is 9.21. The second-order valence-corrected chi connectivity index (χ2v) is 12.0. The summed E-state index contributed by atoms with van der Waals surface area (Å²) in [6.45, 7) is 12.9. The fourth-order valence-electron chi connectivity index (χ4n) is 6.07. The highest BCUT2D eigenvalue weighted by molar-refractivity contribution is 5.92. The van der Waals surface area contributed by atoms with E-state index < -0.39 is 5.60 Å². The monoisotopic (exact) mass is 499 g/mol. The molecule has 2 N–H and O–H groups in total. The largest absolute Gasteiger partial charge is 0.444 e. The number of amides is 2. The number of rotatable bonds is 12. The molecule has 6 nitrogen and oxygen atoms in total. The van der Waals surface area contributed by atoms with Crippen LogP contribution in [-0.2, 0) is 4.74 Å². The average Bonchev–Trinajstić information content (AvgIpc) is 3.06. The number of piperidine rings is 1. The molecule has 0 saturated carbocycles. The Labute approximate surface area is 218 Å². The van der Waals surface area contributed by atoms with Crippen molar-refractivity contribution in [2.45, 2.75) is 116 Å². The molecular formula is C30H49N3O3. The minimum atomic E-state index is -0.462. The Balaban J connectivity index is 1.46. The summed E-state index contributed by atoms with van der Waals surface area (Å²) in [6.07, 6.45) is 10.2. The van der Waals surface area contributed by atoms with Crippen LogP contribution in [0.25, 0.3) is 0 Å². The molecule has 2 heterocycles. The van der Waals surface area contributed by atoms with Crippen LogP contribution in [-0.4, -0.2) is 59.1 Å².